The first-order valence-electron chi connectivity index (χ1n) is 10.5. The highest BCUT2D eigenvalue weighted by molar-refractivity contribution is 5.94. The van der Waals surface area contributed by atoms with Gasteiger partial charge in [0.15, 0.2) is 5.82 Å². The molecule has 1 amide bonds. The molecular weight excluding hydrogens is 434 g/mol. The van der Waals surface area contributed by atoms with E-state index < -0.39 is 0 Å². The van der Waals surface area contributed by atoms with E-state index in [0.717, 1.165) is 22.3 Å². The van der Waals surface area contributed by atoms with Crippen molar-refractivity contribution >= 4 is 23.2 Å². The van der Waals surface area contributed by atoms with Gasteiger partial charge >= 0.3 is 0 Å². The minimum atomic E-state index is -0.195. The van der Waals surface area contributed by atoms with Gasteiger partial charge in [-0.1, -0.05) is 18.2 Å². The van der Waals surface area contributed by atoms with E-state index in [1.807, 2.05) is 23.0 Å². The Kier molecular flexibility index (Phi) is 6.55. The van der Waals surface area contributed by atoms with E-state index in [4.69, 9.17) is 17.3 Å². The van der Waals surface area contributed by atoms with Crippen LogP contribution in [0.2, 0.25) is 0 Å². The fourth-order valence-electron chi connectivity index (χ4n) is 3.48. The van der Waals surface area contributed by atoms with E-state index in [2.05, 4.69) is 25.8 Å². The first kappa shape index (κ1) is 22.6. The zero-order valence-electron chi connectivity index (χ0n) is 18.3. The van der Waals surface area contributed by atoms with Gasteiger partial charge in [0, 0.05) is 37.0 Å². The summed E-state index contributed by atoms with van der Waals surface area (Å²) in [6.45, 7) is 0.868. The lowest BCUT2D eigenvalue weighted by Gasteiger charge is -2.10. The number of aromatic nitrogens is 4. The van der Waals surface area contributed by atoms with Crippen molar-refractivity contribution in [3.05, 3.63) is 99.2 Å². The van der Waals surface area contributed by atoms with Gasteiger partial charge in [0.25, 0.3) is 5.91 Å². The molecule has 9 N–H and O–H groups in total. The lowest BCUT2D eigenvalue weighted by atomic mass is 10.1. The van der Waals surface area contributed by atoms with E-state index in [1.54, 1.807) is 36.7 Å². The van der Waals surface area contributed by atoms with Crippen LogP contribution in [0.5, 0.6) is 0 Å². The molecule has 0 spiro atoms. The number of hydrogen-bond donors (Lipinski definition) is 6. The molecule has 174 valence electrons. The first-order chi connectivity index (χ1) is 16.4. The van der Waals surface area contributed by atoms with Gasteiger partial charge in [0.2, 0.25) is 5.56 Å². The number of benzene rings is 1. The Labute approximate surface area is 195 Å². The van der Waals surface area contributed by atoms with Crippen molar-refractivity contribution in [2.75, 3.05) is 16.9 Å². The molecule has 0 radical (unpaired) electrons. The number of carbonyl (C=O) groups is 1. The SMILES string of the molecule is NNc1nc(N)cc(Cc2cnn(Cc3ccc(C(=O)NCc4ccc(=O)[nH]c4)cc3)c2)c1N. The normalized spacial score (nSPS) is 10.7. The van der Waals surface area contributed by atoms with Crippen LogP contribution in [0.3, 0.4) is 0 Å². The zero-order chi connectivity index (χ0) is 24.1. The maximum absolute atomic E-state index is 12.4. The summed E-state index contributed by atoms with van der Waals surface area (Å²) < 4.78 is 1.81. The van der Waals surface area contributed by atoms with Crippen molar-refractivity contribution in [1.82, 2.24) is 25.1 Å². The van der Waals surface area contributed by atoms with Crippen LogP contribution in [0.4, 0.5) is 17.3 Å². The predicted octanol–water partition coefficient (Wildman–Crippen LogP) is 0.986. The van der Waals surface area contributed by atoms with Crippen LogP contribution in [-0.4, -0.2) is 25.7 Å². The molecule has 11 heteroatoms. The van der Waals surface area contributed by atoms with Crippen LogP contribution in [0.25, 0.3) is 0 Å². The summed E-state index contributed by atoms with van der Waals surface area (Å²) in [5.74, 6) is 5.92. The molecule has 4 rings (SSSR count). The van der Waals surface area contributed by atoms with Crippen LogP contribution in [0.1, 0.15) is 32.6 Å². The van der Waals surface area contributed by atoms with Crippen LogP contribution in [0.15, 0.2) is 65.8 Å². The van der Waals surface area contributed by atoms with E-state index in [-0.39, 0.29) is 11.5 Å². The number of carbonyl (C=O) groups excluding carboxylic acids is 1. The van der Waals surface area contributed by atoms with Gasteiger partial charge in [-0.2, -0.15) is 5.10 Å². The van der Waals surface area contributed by atoms with Gasteiger partial charge < -0.3 is 27.2 Å². The van der Waals surface area contributed by atoms with Crippen molar-refractivity contribution in [3.8, 4) is 0 Å². The molecule has 0 saturated heterocycles. The highest BCUT2D eigenvalue weighted by atomic mass is 16.1. The number of amides is 1. The van der Waals surface area contributed by atoms with Crippen LogP contribution < -0.4 is 33.6 Å². The molecule has 11 nitrogen and oxygen atoms in total. The summed E-state index contributed by atoms with van der Waals surface area (Å²) in [4.78, 5) is 30.1. The van der Waals surface area contributed by atoms with Gasteiger partial charge in [-0.3, -0.25) is 14.3 Å². The van der Waals surface area contributed by atoms with Gasteiger partial charge in [-0.15, -0.1) is 0 Å². The average molecular weight is 460 g/mol. The topological polar surface area (TPSA) is 183 Å². The monoisotopic (exact) mass is 459 g/mol. The third-order valence-corrected chi connectivity index (χ3v) is 5.24. The van der Waals surface area contributed by atoms with Crippen LogP contribution in [0, 0.1) is 0 Å². The Morgan fingerprint density at radius 1 is 1.06 bits per heavy atom. The molecule has 0 fully saturated rings. The molecule has 0 aliphatic heterocycles. The maximum Gasteiger partial charge on any atom is 0.251 e. The summed E-state index contributed by atoms with van der Waals surface area (Å²) >= 11 is 0. The van der Waals surface area contributed by atoms with E-state index in [0.29, 0.717) is 42.4 Å². The zero-order valence-corrected chi connectivity index (χ0v) is 18.3. The largest absolute Gasteiger partial charge is 0.395 e. The van der Waals surface area contributed by atoms with Gasteiger partial charge in [-0.05, 0) is 40.5 Å². The fraction of sp³-hybridized carbons (Fsp3) is 0.130. The Balaban J connectivity index is 1.36. The highest BCUT2D eigenvalue weighted by Crippen LogP contribution is 2.24. The van der Waals surface area contributed by atoms with Gasteiger partial charge in [0.1, 0.15) is 5.82 Å². The van der Waals surface area contributed by atoms with Crippen molar-refractivity contribution in [1.29, 1.82) is 0 Å². The molecule has 0 bridgehead atoms. The number of hydrogen-bond acceptors (Lipinski definition) is 8. The number of nitrogens with one attached hydrogen (secondary N) is 3. The number of nitrogen functional groups attached to an aromatic ring is 3. The number of pyridine rings is 2. The predicted molar refractivity (Wildman–Crippen MR) is 130 cm³/mol. The molecule has 34 heavy (non-hydrogen) atoms. The summed E-state index contributed by atoms with van der Waals surface area (Å²) in [6, 6.07) is 12.1. The number of H-pyrrole nitrogens is 1. The molecule has 3 heterocycles. The summed E-state index contributed by atoms with van der Waals surface area (Å²) in [5, 5.41) is 7.25. The van der Waals surface area contributed by atoms with Crippen molar-refractivity contribution in [3.63, 3.8) is 0 Å². The lowest BCUT2D eigenvalue weighted by Crippen LogP contribution is -2.23. The molecular formula is C23H25N9O2. The number of nitrogens with zero attached hydrogens (tertiary/aromatic N) is 3. The van der Waals surface area contributed by atoms with E-state index in [9.17, 15) is 9.59 Å². The maximum atomic E-state index is 12.4. The van der Waals surface area contributed by atoms with Crippen molar-refractivity contribution in [2.45, 2.75) is 19.5 Å². The van der Waals surface area contributed by atoms with Crippen LogP contribution >= 0.6 is 0 Å². The van der Waals surface area contributed by atoms with Crippen molar-refractivity contribution in [2.24, 2.45) is 5.84 Å². The number of aromatic amines is 1. The van der Waals surface area contributed by atoms with Crippen molar-refractivity contribution < 1.29 is 4.79 Å². The second kappa shape index (κ2) is 9.88. The van der Waals surface area contributed by atoms with Gasteiger partial charge in [0.05, 0.1) is 18.4 Å². The molecule has 1 aromatic carbocycles. The number of anilines is 3. The van der Waals surface area contributed by atoms with Crippen LogP contribution in [-0.2, 0) is 19.5 Å². The van der Waals surface area contributed by atoms with Gasteiger partial charge in [-0.25, -0.2) is 10.8 Å². The molecule has 0 saturated carbocycles. The molecule has 0 aliphatic rings. The Morgan fingerprint density at radius 2 is 1.82 bits per heavy atom. The summed E-state index contributed by atoms with van der Waals surface area (Å²) in [6.07, 6.45) is 5.80. The Morgan fingerprint density at radius 3 is 2.53 bits per heavy atom. The molecule has 0 unspecified atom stereocenters. The number of nitrogens with two attached hydrogens (primary N) is 3. The average Bonchev–Trinajstić information content (AvgIpc) is 3.27. The molecule has 0 aliphatic carbocycles. The first-order valence-corrected chi connectivity index (χ1v) is 10.5. The quantitative estimate of drug-likeness (QED) is 0.166. The van der Waals surface area contributed by atoms with E-state index >= 15 is 0 Å². The Bertz CT molecular complexity index is 1340. The second-order valence-electron chi connectivity index (χ2n) is 7.78. The standard InChI is InChI=1S/C23H25N9O2/c24-19-8-18(21(25)22(30-19)31-26)7-16-11-29-32(13-16)12-14-1-4-17(5-2-14)23(34)28-10-15-3-6-20(33)27-9-15/h1-6,8-9,11,13H,7,10,12,25-26H2,(H,27,33)(H,28,34)(H3,24,30,31). The van der Waals surface area contributed by atoms with E-state index in [1.165, 1.54) is 6.07 Å². The minimum absolute atomic E-state index is 0.181. The minimum Gasteiger partial charge on any atom is -0.395 e. The smallest absolute Gasteiger partial charge is 0.251 e. The lowest BCUT2D eigenvalue weighted by molar-refractivity contribution is 0.0951. The molecule has 4 aromatic rings. The third kappa shape index (κ3) is 5.40. The third-order valence-electron chi connectivity index (χ3n) is 5.24. The number of hydrazine groups is 1. The Hall–Kier alpha value is -4.64. The summed E-state index contributed by atoms with van der Waals surface area (Å²) in [7, 11) is 0. The molecule has 3 aromatic heterocycles. The number of rotatable bonds is 8. The highest BCUT2D eigenvalue weighted by Gasteiger charge is 2.11. The second-order valence-corrected chi connectivity index (χ2v) is 7.78. The fourth-order valence-corrected chi connectivity index (χ4v) is 3.48. The molecule has 0 atom stereocenters. The summed E-state index contributed by atoms with van der Waals surface area (Å²) in [5.41, 5.74) is 18.8.